The molecule has 3 amide bonds. The highest BCUT2D eigenvalue weighted by Crippen LogP contribution is 2.28. The Morgan fingerprint density at radius 3 is 3.00 bits per heavy atom. The molecule has 3 heterocycles. The quantitative estimate of drug-likeness (QED) is 0.558. The third-order valence-electron chi connectivity index (χ3n) is 4.97. The van der Waals surface area contributed by atoms with Gasteiger partial charge < -0.3 is 26.0 Å². The van der Waals surface area contributed by atoms with Gasteiger partial charge in [-0.3, -0.25) is 14.4 Å². The topological polar surface area (TPSA) is 121 Å². The number of anilines is 2. The first-order valence-electron chi connectivity index (χ1n) is 9.66. The Balaban J connectivity index is 1.34. The van der Waals surface area contributed by atoms with E-state index in [0.29, 0.717) is 37.0 Å². The molecule has 1 aromatic carbocycles. The summed E-state index contributed by atoms with van der Waals surface area (Å²) in [6.45, 7) is 1.92. The molecule has 2 atom stereocenters. The Morgan fingerprint density at radius 2 is 2.21 bits per heavy atom. The summed E-state index contributed by atoms with van der Waals surface area (Å²) in [5.74, 6) is -0.629. The number of hydrogen-bond acceptors (Lipinski definition) is 7. The summed E-state index contributed by atoms with van der Waals surface area (Å²) < 4.78 is 6.15. The van der Waals surface area contributed by atoms with E-state index >= 15 is 0 Å². The van der Waals surface area contributed by atoms with Crippen LogP contribution in [0.2, 0.25) is 0 Å². The average molecular weight is 417 g/mol. The van der Waals surface area contributed by atoms with Crippen LogP contribution < -0.4 is 21.3 Å². The fourth-order valence-corrected chi connectivity index (χ4v) is 4.31. The zero-order chi connectivity index (χ0) is 20.2. The van der Waals surface area contributed by atoms with Crippen molar-refractivity contribution in [2.75, 3.05) is 36.9 Å². The Labute approximate surface area is 171 Å². The first-order chi connectivity index (χ1) is 14.1. The molecule has 29 heavy (non-hydrogen) atoms. The number of aromatic nitrogens is 1. The van der Waals surface area contributed by atoms with Crippen LogP contribution in [0.1, 0.15) is 19.3 Å². The van der Waals surface area contributed by atoms with Gasteiger partial charge in [0.2, 0.25) is 17.7 Å². The van der Waals surface area contributed by atoms with Crippen LogP contribution in [0.4, 0.5) is 10.8 Å². The number of fused-ring (bicyclic) bond motifs is 1. The highest BCUT2D eigenvalue weighted by molar-refractivity contribution is 7.22. The predicted octanol–water partition coefficient (Wildman–Crippen LogP) is 1.08. The number of benzene rings is 1. The monoisotopic (exact) mass is 417 g/mol. The molecule has 9 nitrogen and oxygen atoms in total. The average Bonchev–Trinajstić information content (AvgIpc) is 3.35. The lowest BCUT2D eigenvalue weighted by Crippen LogP contribution is -2.38. The number of ether oxygens (including phenoxy) is 1. The number of thiazole rings is 1. The maximum Gasteiger partial charge on any atom is 0.239 e. The Bertz CT molecular complexity index is 924. The second-order valence-electron chi connectivity index (χ2n) is 7.21. The molecule has 0 aliphatic carbocycles. The van der Waals surface area contributed by atoms with E-state index in [1.165, 1.54) is 11.3 Å². The molecule has 0 unspecified atom stereocenters. The number of piperidine rings is 1. The lowest BCUT2D eigenvalue weighted by molar-refractivity contribution is -0.129. The van der Waals surface area contributed by atoms with Gasteiger partial charge >= 0.3 is 0 Å². The van der Waals surface area contributed by atoms with Crippen molar-refractivity contribution in [2.24, 2.45) is 5.92 Å². The molecule has 0 saturated carbocycles. The minimum absolute atomic E-state index is 0.0843. The van der Waals surface area contributed by atoms with E-state index in [9.17, 15) is 14.4 Å². The first kappa shape index (κ1) is 19.6. The maximum absolute atomic E-state index is 12.4. The molecule has 10 heteroatoms. The van der Waals surface area contributed by atoms with Crippen LogP contribution in [0.3, 0.4) is 0 Å². The van der Waals surface area contributed by atoms with Crippen LogP contribution in [0.15, 0.2) is 18.2 Å². The molecule has 2 aliphatic heterocycles. The molecular formula is C19H23N5O4S. The van der Waals surface area contributed by atoms with E-state index < -0.39 is 0 Å². The molecule has 0 bridgehead atoms. The highest BCUT2D eigenvalue weighted by atomic mass is 32.1. The molecule has 4 rings (SSSR count). The van der Waals surface area contributed by atoms with Crippen LogP contribution in [-0.4, -0.2) is 55.1 Å². The third kappa shape index (κ3) is 5.01. The largest absolute Gasteiger partial charge is 0.379 e. The van der Waals surface area contributed by atoms with Crippen LogP contribution in [-0.2, 0) is 19.1 Å². The van der Waals surface area contributed by atoms with Gasteiger partial charge in [-0.1, -0.05) is 11.3 Å². The third-order valence-corrected chi connectivity index (χ3v) is 5.94. The summed E-state index contributed by atoms with van der Waals surface area (Å²) in [4.78, 5) is 40.4. The van der Waals surface area contributed by atoms with Gasteiger partial charge in [0, 0.05) is 31.2 Å². The number of amides is 3. The van der Waals surface area contributed by atoms with Crippen molar-refractivity contribution >= 4 is 50.1 Å². The van der Waals surface area contributed by atoms with Crippen molar-refractivity contribution in [3.63, 3.8) is 0 Å². The Hall–Kier alpha value is -2.72. The van der Waals surface area contributed by atoms with Crippen LogP contribution in [0.25, 0.3) is 10.2 Å². The zero-order valence-corrected chi connectivity index (χ0v) is 16.6. The standard InChI is InChI=1S/C19H23N5O4S/c25-16-7-11(3-5-20-16)18(27)23-12-1-2-14-15(8-12)29-19(24-14)21-9-17(26)22-13-4-6-28-10-13/h1-2,8,11,13H,3-7,9-10H2,(H,20,25)(H,21,24)(H,22,26)(H,23,27)/t11-,13-/m1/s1. The van der Waals surface area contributed by atoms with Gasteiger partial charge in [-0.25, -0.2) is 4.98 Å². The van der Waals surface area contributed by atoms with Gasteiger partial charge in [-0.15, -0.1) is 0 Å². The van der Waals surface area contributed by atoms with E-state index in [-0.39, 0.29) is 42.6 Å². The van der Waals surface area contributed by atoms with Crippen LogP contribution in [0, 0.1) is 5.92 Å². The minimum atomic E-state index is -0.304. The Morgan fingerprint density at radius 1 is 1.31 bits per heavy atom. The molecule has 4 N–H and O–H groups in total. The van der Waals surface area contributed by atoms with Crippen molar-refractivity contribution < 1.29 is 19.1 Å². The van der Waals surface area contributed by atoms with Crippen molar-refractivity contribution in [2.45, 2.75) is 25.3 Å². The minimum Gasteiger partial charge on any atom is -0.379 e. The molecule has 2 saturated heterocycles. The summed E-state index contributed by atoms with van der Waals surface area (Å²) >= 11 is 1.42. The second-order valence-corrected chi connectivity index (χ2v) is 8.24. The molecule has 0 radical (unpaired) electrons. The van der Waals surface area contributed by atoms with Crippen LogP contribution in [0.5, 0.6) is 0 Å². The van der Waals surface area contributed by atoms with Gasteiger partial charge in [-0.05, 0) is 31.0 Å². The predicted molar refractivity (Wildman–Crippen MR) is 110 cm³/mol. The molecule has 154 valence electrons. The molecule has 2 fully saturated rings. The van der Waals surface area contributed by atoms with E-state index in [1.807, 2.05) is 12.1 Å². The van der Waals surface area contributed by atoms with Crippen molar-refractivity contribution in [3.05, 3.63) is 18.2 Å². The molecule has 2 aromatic rings. The second kappa shape index (κ2) is 8.75. The number of rotatable bonds is 6. The molecular weight excluding hydrogens is 394 g/mol. The van der Waals surface area contributed by atoms with Crippen molar-refractivity contribution in [1.29, 1.82) is 0 Å². The maximum atomic E-state index is 12.4. The normalized spacial score (nSPS) is 21.6. The lowest BCUT2D eigenvalue weighted by Gasteiger charge is -2.21. The van der Waals surface area contributed by atoms with Crippen LogP contribution >= 0.6 is 11.3 Å². The van der Waals surface area contributed by atoms with Gasteiger partial charge in [0.1, 0.15) is 0 Å². The molecule has 0 spiro atoms. The van der Waals surface area contributed by atoms with Gasteiger partial charge in [-0.2, -0.15) is 0 Å². The lowest BCUT2D eigenvalue weighted by atomic mass is 9.96. The van der Waals surface area contributed by atoms with Crippen molar-refractivity contribution in [1.82, 2.24) is 15.6 Å². The van der Waals surface area contributed by atoms with E-state index in [4.69, 9.17) is 4.74 Å². The first-order valence-corrected chi connectivity index (χ1v) is 10.5. The number of nitrogens with zero attached hydrogens (tertiary/aromatic N) is 1. The number of nitrogens with one attached hydrogen (secondary N) is 4. The number of hydrogen-bond donors (Lipinski definition) is 4. The van der Waals surface area contributed by atoms with Gasteiger partial charge in [0.15, 0.2) is 5.13 Å². The van der Waals surface area contributed by atoms with E-state index in [1.54, 1.807) is 6.07 Å². The highest BCUT2D eigenvalue weighted by Gasteiger charge is 2.25. The van der Waals surface area contributed by atoms with E-state index in [2.05, 4.69) is 26.3 Å². The summed E-state index contributed by atoms with van der Waals surface area (Å²) in [6, 6.07) is 5.56. The summed E-state index contributed by atoms with van der Waals surface area (Å²) in [5, 5.41) is 12.2. The SMILES string of the molecule is O=C1C[C@H](C(=O)Nc2ccc3nc(NCC(=O)N[C@@H]4CCOC4)sc3c2)CCN1. The molecule has 1 aromatic heterocycles. The fourth-order valence-electron chi connectivity index (χ4n) is 3.41. The van der Waals surface area contributed by atoms with Gasteiger partial charge in [0.25, 0.3) is 0 Å². The Kier molecular flexibility index (Phi) is 5.91. The summed E-state index contributed by atoms with van der Waals surface area (Å²) in [7, 11) is 0. The smallest absolute Gasteiger partial charge is 0.239 e. The number of carbonyl (C=O) groups excluding carboxylic acids is 3. The fraction of sp³-hybridized carbons (Fsp3) is 0.474. The molecule has 2 aliphatic rings. The number of carbonyl (C=O) groups is 3. The summed E-state index contributed by atoms with van der Waals surface area (Å²) in [6.07, 6.45) is 1.70. The summed E-state index contributed by atoms with van der Waals surface area (Å²) in [5.41, 5.74) is 1.46. The zero-order valence-electron chi connectivity index (χ0n) is 15.8. The van der Waals surface area contributed by atoms with E-state index in [0.717, 1.165) is 16.6 Å². The van der Waals surface area contributed by atoms with Gasteiger partial charge in [0.05, 0.1) is 29.4 Å². The van der Waals surface area contributed by atoms with Crippen molar-refractivity contribution in [3.8, 4) is 0 Å².